The molecular formula is C26H43N3O4S. The van der Waals surface area contributed by atoms with Crippen LogP contribution in [0, 0.1) is 13.8 Å². The van der Waals surface area contributed by atoms with Gasteiger partial charge in [-0.1, -0.05) is 18.2 Å². The third-order valence-corrected chi connectivity index (χ3v) is 5.35. The molecule has 0 saturated carbocycles. The van der Waals surface area contributed by atoms with Crippen LogP contribution in [0.25, 0.3) is 0 Å². The molecule has 1 aromatic carbocycles. The van der Waals surface area contributed by atoms with Crippen LogP contribution >= 0.6 is 12.6 Å². The number of nitrogens with one attached hydrogen (secondary N) is 2. The fraction of sp³-hybridized carbons (Fsp3) is 0.654. The van der Waals surface area contributed by atoms with E-state index in [-0.39, 0.29) is 11.7 Å². The number of rotatable bonds is 6. The van der Waals surface area contributed by atoms with Gasteiger partial charge in [-0.25, -0.2) is 4.79 Å². The van der Waals surface area contributed by atoms with Crippen molar-refractivity contribution in [2.75, 3.05) is 5.75 Å². The first kappa shape index (κ1) is 29.8. The molecule has 0 heterocycles. The summed E-state index contributed by atoms with van der Waals surface area (Å²) in [6, 6.07) is 3.87. The van der Waals surface area contributed by atoms with E-state index in [4.69, 9.17) is 4.74 Å². The quantitative estimate of drug-likeness (QED) is 0.501. The van der Waals surface area contributed by atoms with Crippen LogP contribution in [0.1, 0.15) is 85.0 Å². The molecule has 8 heteroatoms. The van der Waals surface area contributed by atoms with Crippen LogP contribution in [0.2, 0.25) is 0 Å². The summed E-state index contributed by atoms with van der Waals surface area (Å²) in [7, 11) is 0. The number of carbonyl (C=O) groups excluding carboxylic acids is 3. The molecule has 7 nitrogen and oxygen atoms in total. The van der Waals surface area contributed by atoms with Gasteiger partial charge in [0.25, 0.3) is 0 Å². The number of nitrogens with zero attached hydrogens (tertiary/aromatic N) is 1. The fourth-order valence-corrected chi connectivity index (χ4v) is 3.69. The Kier molecular flexibility index (Phi) is 9.66. The predicted octanol–water partition coefficient (Wildman–Crippen LogP) is 4.71. The minimum atomic E-state index is -0.978. The Bertz CT molecular complexity index is 895. The summed E-state index contributed by atoms with van der Waals surface area (Å²) in [6.07, 6.45) is -0.712. The highest BCUT2D eigenvalue weighted by Crippen LogP contribution is 2.31. The maximum Gasteiger partial charge on any atom is 0.408 e. The van der Waals surface area contributed by atoms with Crippen LogP contribution in [0.3, 0.4) is 0 Å². The van der Waals surface area contributed by atoms with E-state index >= 15 is 0 Å². The Morgan fingerprint density at radius 1 is 0.971 bits per heavy atom. The molecular weight excluding hydrogens is 450 g/mol. The molecule has 2 N–H and O–H groups in total. The number of amides is 3. The Morgan fingerprint density at radius 2 is 1.53 bits per heavy atom. The molecule has 34 heavy (non-hydrogen) atoms. The number of alkyl carbamates (subject to hydrolysis) is 1. The van der Waals surface area contributed by atoms with E-state index in [0.717, 1.165) is 11.1 Å². The highest BCUT2D eigenvalue weighted by Gasteiger charge is 2.42. The van der Waals surface area contributed by atoms with Gasteiger partial charge in [0.15, 0.2) is 0 Å². The van der Waals surface area contributed by atoms with Gasteiger partial charge in [-0.3, -0.25) is 9.59 Å². The monoisotopic (exact) mass is 493 g/mol. The van der Waals surface area contributed by atoms with Gasteiger partial charge in [0.1, 0.15) is 17.7 Å². The molecule has 1 aromatic rings. The minimum Gasteiger partial charge on any atom is -0.444 e. The lowest BCUT2D eigenvalue weighted by atomic mass is 9.93. The molecule has 1 rings (SSSR count). The first-order valence-corrected chi connectivity index (χ1v) is 12.2. The maximum absolute atomic E-state index is 13.9. The second kappa shape index (κ2) is 11.0. The zero-order chi connectivity index (χ0) is 26.6. The standard InChI is InChI=1S/C26H43N3O4S/c1-16-12-13-18(14-17(16)2)20(21(30)28-24(3,4)5)29(25(6,7)8)22(31)19(15-34)27-23(32)33-26(9,10)11/h12-14,19-20,34H,15H2,1-11H3,(H,27,32)(H,28,30). The largest absolute Gasteiger partial charge is 0.444 e. The van der Waals surface area contributed by atoms with Crippen LogP contribution in [-0.4, -0.2) is 51.3 Å². The summed E-state index contributed by atoms with van der Waals surface area (Å²) < 4.78 is 5.34. The third kappa shape index (κ3) is 8.85. The van der Waals surface area contributed by atoms with Crippen LogP contribution in [0.15, 0.2) is 18.2 Å². The Balaban J connectivity index is 3.56. The number of carbonyl (C=O) groups is 3. The minimum absolute atomic E-state index is 0.0468. The molecule has 192 valence electrons. The molecule has 0 aliphatic heterocycles. The number of thiol groups is 1. The van der Waals surface area contributed by atoms with Crippen molar-refractivity contribution < 1.29 is 19.1 Å². The van der Waals surface area contributed by atoms with Gasteiger partial charge < -0.3 is 20.3 Å². The van der Waals surface area contributed by atoms with Crippen molar-refractivity contribution in [1.29, 1.82) is 0 Å². The fourth-order valence-electron chi connectivity index (χ4n) is 3.44. The normalized spacial score (nSPS) is 14.1. The Labute approximate surface area is 210 Å². The lowest BCUT2D eigenvalue weighted by Gasteiger charge is -2.43. The Morgan fingerprint density at radius 3 is 1.94 bits per heavy atom. The summed E-state index contributed by atoms with van der Waals surface area (Å²) in [5, 5.41) is 5.65. The van der Waals surface area contributed by atoms with Crippen molar-refractivity contribution in [2.45, 2.75) is 105 Å². The summed E-state index contributed by atoms with van der Waals surface area (Å²) in [6.45, 7) is 20.5. The van der Waals surface area contributed by atoms with Gasteiger partial charge in [0.05, 0.1) is 0 Å². The van der Waals surface area contributed by atoms with E-state index in [2.05, 4.69) is 23.3 Å². The zero-order valence-corrected chi connectivity index (χ0v) is 23.5. The molecule has 3 amide bonds. The first-order chi connectivity index (χ1) is 15.3. The van der Waals surface area contributed by atoms with E-state index in [1.807, 2.05) is 73.6 Å². The molecule has 0 radical (unpaired) electrons. The van der Waals surface area contributed by atoms with Gasteiger partial charge in [0.2, 0.25) is 11.8 Å². The van der Waals surface area contributed by atoms with Gasteiger partial charge in [0, 0.05) is 16.8 Å². The second-order valence-electron chi connectivity index (χ2n) is 11.7. The van der Waals surface area contributed by atoms with Crippen LogP contribution in [0.4, 0.5) is 4.79 Å². The van der Waals surface area contributed by atoms with Crippen molar-refractivity contribution >= 4 is 30.5 Å². The van der Waals surface area contributed by atoms with Gasteiger partial charge in [-0.05, 0) is 92.9 Å². The first-order valence-electron chi connectivity index (χ1n) is 11.6. The summed E-state index contributed by atoms with van der Waals surface area (Å²) in [5.41, 5.74) is 0.846. The summed E-state index contributed by atoms with van der Waals surface area (Å²) in [4.78, 5) is 41.5. The molecule has 0 bridgehead atoms. The number of aryl methyl sites for hydroxylation is 2. The average molecular weight is 494 g/mol. The van der Waals surface area contributed by atoms with Crippen LogP contribution in [-0.2, 0) is 14.3 Å². The van der Waals surface area contributed by atoms with Crippen LogP contribution in [0.5, 0.6) is 0 Å². The van der Waals surface area contributed by atoms with Gasteiger partial charge in [-0.15, -0.1) is 0 Å². The number of hydrogen-bond acceptors (Lipinski definition) is 5. The number of benzene rings is 1. The zero-order valence-electron chi connectivity index (χ0n) is 22.6. The van der Waals surface area contributed by atoms with Crippen LogP contribution < -0.4 is 10.6 Å². The van der Waals surface area contributed by atoms with E-state index in [1.54, 1.807) is 20.8 Å². The molecule has 2 atom stereocenters. The molecule has 0 fully saturated rings. The third-order valence-electron chi connectivity index (χ3n) is 4.98. The molecule has 0 aliphatic rings. The SMILES string of the molecule is Cc1ccc(C(C(=O)NC(C)(C)C)N(C(=O)C(CS)NC(=O)OC(C)(C)C)C(C)(C)C)cc1C. The van der Waals surface area contributed by atoms with E-state index in [0.29, 0.717) is 5.56 Å². The molecule has 0 spiro atoms. The van der Waals surface area contributed by atoms with Crippen molar-refractivity contribution in [3.63, 3.8) is 0 Å². The smallest absolute Gasteiger partial charge is 0.408 e. The number of hydrogen-bond donors (Lipinski definition) is 3. The molecule has 0 aromatic heterocycles. The summed E-state index contributed by atoms with van der Waals surface area (Å²) >= 11 is 4.32. The van der Waals surface area contributed by atoms with Crippen molar-refractivity contribution in [3.05, 3.63) is 34.9 Å². The molecule has 0 saturated heterocycles. The lowest BCUT2D eigenvalue weighted by Crippen LogP contribution is -2.60. The predicted molar refractivity (Wildman–Crippen MR) is 140 cm³/mol. The van der Waals surface area contributed by atoms with Gasteiger partial charge >= 0.3 is 6.09 Å². The molecule has 2 unspecified atom stereocenters. The maximum atomic E-state index is 13.9. The van der Waals surface area contributed by atoms with E-state index < -0.39 is 40.8 Å². The Hall–Kier alpha value is -2.22. The topological polar surface area (TPSA) is 87.7 Å². The highest BCUT2D eigenvalue weighted by molar-refractivity contribution is 7.80. The lowest BCUT2D eigenvalue weighted by molar-refractivity contribution is -0.148. The van der Waals surface area contributed by atoms with Crippen molar-refractivity contribution in [3.8, 4) is 0 Å². The van der Waals surface area contributed by atoms with E-state index in [1.165, 1.54) is 4.90 Å². The average Bonchev–Trinajstić information content (AvgIpc) is 2.62. The number of ether oxygens (including phenoxy) is 1. The summed E-state index contributed by atoms with van der Waals surface area (Å²) in [5.74, 6) is -0.666. The highest BCUT2D eigenvalue weighted by atomic mass is 32.1. The van der Waals surface area contributed by atoms with Gasteiger partial charge in [-0.2, -0.15) is 12.6 Å². The molecule has 0 aliphatic carbocycles. The van der Waals surface area contributed by atoms with Crippen molar-refractivity contribution in [1.82, 2.24) is 15.5 Å². The second-order valence-corrected chi connectivity index (χ2v) is 12.1. The van der Waals surface area contributed by atoms with E-state index in [9.17, 15) is 14.4 Å². The van der Waals surface area contributed by atoms with Crippen molar-refractivity contribution in [2.24, 2.45) is 0 Å².